The predicted molar refractivity (Wildman–Crippen MR) is 91.9 cm³/mol. The molecule has 3 aromatic carbocycles. The summed E-state index contributed by atoms with van der Waals surface area (Å²) in [4.78, 5) is 0. The summed E-state index contributed by atoms with van der Waals surface area (Å²) in [5.74, 6) is 0. The van der Waals surface area contributed by atoms with Crippen molar-refractivity contribution in [3.63, 3.8) is 0 Å². The van der Waals surface area contributed by atoms with E-state index in [-0.39, 0.29) is 0 Å². The van der Waals surface area contributed by atoms with Crippen molar-refractivity contribution in [3.05, 3.63) is 72.8 Å². The lowest BCUT2D eigenvalue weighted by atomic mass is 9.95. The second-order valence-corrected chi connectivity index (χ2v) is 4.76. The number of fused-ring (bicyclic) bond motifs is 5. The lowest BCUT2D eigenvalue weighted by molar-refractivity contribution is 1.50. The van der Waals surface area contributed by atoms with Gasteiger partial charge in [0.15, 0.2) is 0 Å². The van der Waals surface area contributed by atoms with Crippen LogP contribution in [0.1, 0.15) is 13.8 Å². The summed E-state index contributed by atoms with van der Waals surface area (Å²) in [5, 5.41) is 3.55. The zero-order valence-electron chi connectivity index (χ0n) is 12.4. The molecule has 4 rings (SSSR count). The monoisotopic (exact) mass is 273 g/mol. The number of hydrogen-bond acceptors (Lipinski definition) is 1. The fourth-order valence-electron chi connectivity index (χ4n) is 2.75. The average molecular weight is 273 g/mol. The SMILES string of the molecule is CC.c1ccc2c(c1)Nc1ccccc1-c1ccccc1-2. The van der Waals surface area contributed by atoms with Gasteiger partial charge in [0.25, 0.3) is 0 Å². The topological polar surface area (TPSA) is 12.0 Å². The van der Waals surface area contributed by atoms with Crippen LogP contribution in [0.3, 0.4) is 0 Å². The average Bonchev–Trinajstić information content (AvgIpc) is 2.71. The van der Waals surface area contributed by atoms with E-state index in [0.717, 1.165) is 0 Å². The molecule has 1 aliphatic heterocycles. The van der Waals surface area contributed by atoms with Gasteiger partial charge in [-0.15, -0.1) is 0 Å². The van der Waals surface area contributed by atoms with Crippen LogP contribution in [0.2, 0.25) is 0 Å². The van der Waals surface area contributed by atoms with Crippen molar-refractivity contribution in [1.82, 2.24) is 0 Å². The molecule has 0 unspecified atom stereocenters. The fraction of sp³-hybridized carbons (Fsp3) is 0.100. The summed E-state index contributed by atoms with van der Waals surface area (Å²) in [6.45, 7) is 4.00. The lowest BCUT2D eigenvalue weighted by Gasteiger charge is -2.08. The van der Waals surface area contributed by atoms with E-state index in [1.54, 1.807) is 0 Å². The first-order valence-electron chi connectivity index (χ1n) is 7.48. The summed E-state index contributed by atoms with van der Waals surface area (Å²) in [6.07, 6.45) is 0. The van der Waals surface area contributed by atoms with Gasteiger partial charge in [0.2, 0.25) is 0 Å². The van der Waals surface area contributed by atoms with E-state index in [0.29, 0.717) is 0 Å². The molecule has 1 N–H and O–H groups in total. The molecule has 0 spiro atoms. The number of para-hydroxylation sites is 2. The normalized spacial score (nSPS) is 10.8. The molecule has 104 valence electrons. The van der Waals surface area contributed by atoms with Gasteiger partial charge in [0.1, 0.15) is 0 Å². The Hall–Kier alpha value is -2.54. The molecule has 1 nitrogen and oxygen atoms in total. The molecule has 0 bridgehead atoms. The van der Waals surface area contributed by atoms with Gasteiger partial charge in [0, 0.05) is 22.5 Å². The molecule has 0 atom stereocenters. The molecule has 0 fully saturated rings. The van der Waals surface area contributed by atoms with E-state index in [2.05, 4.69) is 78.1 Å². The minimum atomic E-state index is 1.17. The van der Waals surface area contributed by atoms with E-state index < -0.39 is 0 Å². The van der Waals surface area contributed by atoms with Crippen LogP contribution in [0.15, 0.2) is 72.8 Å². The van der Waals surface area contributed by atoms with Crippen molar-refractivity contribution in [2.24, 2.45) is 0 Å². The van der Waals surface area contributed by atoms with Gasteiger partial charge in [-0.1, -0.05) is 74.5 Å². The van der Waals surface area contributed by atoms with E-state index in [4.69, 9.17) is 0 Å². The standard InChI is InChI=1S/C18H13N.C2H6/c1-2-8-14-13(7-1)15-9-3-5-11-17(15)19-18-12-6-4-10-16(14)18;1-2/h1-12,19H;1-2H3. The minimum absolute atomic E-state index is 1.17. The number of nitrogens with one attached hydrogen (secondary N) is 1. The maximum absolute atomic E-state index is 3.55. The van der Waals surface area contributed by atoms with Crippen molar-refractivity contribution in [1.29, 1.82) is 0 Å². The summed E-state index contributed by atoms with van der Waals surface area (Å²) in [7, 11) is 0. The maximum Gasteiger partial charge on any atom is 0.0464 e. The van der Waals surface area contributed by atoms with Gasteiger partial charge in [-0.3, -0.25) is 0 Å². The molecule has 0 aliphatic carbocycles. The molecule has 21 heavy (non-hydrogen) atoms. The first-order chi connectivity index (χ1) is 10.4. The van der Waals surface area contributed by atoms with Gasteiger partial charge >= 0.3 is 0 Å². The summed E-state index contributed by atoms with van der Waals surface area (Å²) in [5.41, 5.74) is 7.43. The third kappa shape index (κ3) is 2.31. The summed E-state index contributed by atoms with van der Waals surface area (Å²) < 4.78 is 0. The van der Waals surface area contributed by atoms with Crippen LogP contribution >= 0.6 is 0 Å². The first-order valence-corrected chi connectivity index (χ1v) is 7.48. The Bertz CT molecular complexity index is 695. The van der Waals surface area contributed by atoms with E-state index >= 15 is 0 Å². The fourth-order valence-corrected chi connectivity index (χ4v) is 2.75. The molecule has 0 saturated heterocycles. The van der Waals surface area contributed by atoms with Crippen LogP contribution in [-0.4, -0.2) is 0 Å². The molecule has 1 aliphatic rings. The highest BCUT2D eigenvalue weighted by Crippen LogP contribution is 2.43. The van der Waals surface area contributed by atoms with Crippen LogP contribution in [0, 0.1) is 0 Å². The second-order valence-electron chi connectivity index (χ2n) is 4.76. The Kier molecular flexibility index (Phi) is 3.74. The smallest absolute Gasteiger partial charge is 0.0464 e. The highest BCUT2D eigenvalue weighted by Gasteiger charge is 2.17. The highest BCUT2D eigenvalue weighted by atomic mass is 14.9. The van der Waals surface area contributed by atoms with Gasteiger partial charge in [0.05, 0.1) is 0 Å². The van der Waals surface area contributed by atoms with E-state index in [1.165, 1.54) is 33.6 Å². The van der Waals surface area contributed by atoms with Crippen LogP contribution in [0.4, 0.5) is 11.4 Å². The Morgan fingerprint density at radius 2 is 0.810 bits per heavy atom. The molecule has 0 amide bonds. The third-order valence-electron chi connectivity index (χ3n) is 3.63. The molecule has 1 heterocycles. The lowest BCUT2D eigenvalue weighted by Crippen LogP contribution is -1.90. The maximum atomic E-state index is 3.55. The van der Waals surface area contributed by atoms with Crippen molar-refractivity contribution in [2.75, 3.05) is 5.32 Å². The van der Waals surface area contributed by atoms with Crippen molar-refractivity contribution in [2.45, 2.75) is 13.8 Å². The molecule has 3 aromatic rings. The van der Waals surface area contributed by atoms with Crippen LogP contribution in [0.25, 0.3) is 22.3 Å². The van der Waals surface area contributed by atoms with E-state index in [1.807, 2.05) is 13.8 Å². The number of anilines is 2. The molecule has 0 saturated carbocycles. The van der Waals surface area contributed by atoms with Crippen molar-refractivity contribution < 1.29 is 0 Å². The van der Waals surface area contributed by atoms with E-state index in [9.17, 15) is 0 Å². The number of rotatable bonds is 0. The number of hydrogen-bond donors (Lipinski definition) is 1. The summed E-state index contributed by atoms with van der Waals surface area (Å²) >= 11 is 0. The highest BCUT2D eigenvalue weighted by molar-refractivity contribution is 5.98. The minimum Gasteiger partial charge on any atom is -0.355 e. The zero-order chi connectivity index (χ0) is 14.7. The quantitative estimate of drug-likeness (QED) is 0.408. The number of benzene rings is 3. The summed E-state index contributed by atoms with van der Waals surface area (Å²) in [6, 6.07) is 25.5. The van der Waals surface area contributed by atoms with Gasteiger partial charge < -0.3 is 5.32 Å². The molecule has 1 heteroatoms. The Balaban J connectivity index is 0.000000636. The predicted octanol–water partition coefficient (Wildman–Crippen LogP) is 6.10. The zero-order valence-corrected chi connectivity index (χ0v) is 12.4. The second kappa shape index (κ2) is 5.84. The molecular formula is C20H19N. The third-order valence-corrected chi connectivity index (χ3v) is 3.63. The van der Waals surface area contributed by atoms with Crippen LogP contribution in [0.5, 0.6) is 0 Å². The van der Waals surface area contributed by atoms with Gasteiger partial charge in [-0.05, 0) is 23.3 Å². The molecule has 0 radical (unpaired) electrons. The van der Waals surface area contributed by atoms with Crippen LogP contribution in [-0.2, 0) is 0 Å². The molecule has 0 aromatic heterocycles. The first kappa shape index (κ1) is 13.4. The van der Waals surface area contributed by atoms with Gasteiger partial charge in [-0.25, -0.2) is 0 Å². The Morgan fingerprint density at radius 3 is 1.24 bits per heavy atom. The Labute approximate surface area is 126 Å². The van der Waals surface area contributed by atoms with Crippen molar-refractivity contribution in [3.8, 4) is 22.3 Å². The van der Waals surface area contributed by atoms with Crippen molar-refractivity contribution >= 4 is 11.4 Å². The van der Waals surface area contributed by atoms with Crippen LogP contribution < -0.4 is 5.32 Å². The largest absolute Gasteiger partial charge is 0.355 e. The Morgan fingerprint density at radius 1 is 0.476 bits per heavy atom. The molecular weight excluding hydrogens is 254 g/mol. The van der Waals surface area contributed by atoms with Gasteiger partial charge in [-0.2, -0.15) is 0 Å².